The van der Waals surface area contributed by atoms with Crippen LogP contribution in [0.4, 0.5) is 0 Å². The zero-order valence-electron chi connectivity index (χ0n) is 12.3. The number of hydrogen-bond donors (Lipinski definition) is 1. The molecule has 0 saturated carbocycles. The highest BCUT2D eigenvalue weighted by molar-refractivity contribution is 5.42. The van der Waals surface area contributed by atoms with Gasteiger partial charge in [-0.1, -0.05) is 6.07 Å². The summed E-state index contributed by atoms with van der Waals surface area (Å²) in [6, 6.07) is 5.91. The summed E-state index contributed by atoms with van der Waals surface area (Å²) >= 11 is 0. The standard InChI is InChI=1S/C15H20N2O3/c1-10-8-17-15(20-10)9-16-11(2)13-6-5-12(18-3)7-14(13)19-4/h5-8,11,16H,9H2,1-4H3. The molecule has 2 aromatic rings. The molecule has 2 rings (SSSR count). The number of nitrogens with zero attached hydrogens (tertiary/aromatic N) is 1. The minimum atomic E-state index is 0.114. The van der Waals surface area contributed by atoms with E-state index in [-0.39, 0.29) is 6.04 Å². The monoisotopic (exact) mass is 276 g/mol. The molecular weight excluding hydrogens is 256 g/mol. The van der Waals surface area contributed by atoms with E-state index in [4.69, 9.17) is 13.9 Å². The number of rotatable bonds is 6. The van der Waals surface area contributed by atoms with Crippen molar-refractivity contribution in [3.8, 4) is 11.5 Å². The van der Waals surface area contributed by atoms with Gasteiger partial charge in [-0.25, -0.2) is 4.98 Å². The average molecular weight is 276 g/mol. The van der Waals surface area contributed by atoms with Crippen LogP contribution in [-0.4, -0.2) is 19.2 Å². The van der Waals surface area contributed by atoms with E-state index in [0.717, 1.165) is 22.8 Å². The molecule has 0 amide bonds. The Morgan fingerprint density at radius 1 is 1.30 bits per heavy atom. The molecule has 0 aliphatic rings. The van der Waals surface area contributed by atoms with Gasteiger partial charge >= 0.3 is 0 Å². The molecular formula is C15H20N2O3. The summed E-state index contributed by atoms with van der Waals surface area (Å²) in [7, 11) is 3.30. The lowest BCUT2D eigenvalue weighted by molar-refractivity contribution is 0.382. The van der Waals surface area contributed by atoms with Gasteiger partial charge in [0.2, 0.25) is 5.89 Å². The summed E-state index contributed by atoms with van der Waals surface area (Å²) in [6.07, 6.45) is 1.72. The van der Waals surface area contributed by atoms with Crippen molar-refractivity contribution in [2.75, 3.05) is 14.2 Å². The van der Waals surface area contributed by atoms with Gasteiger partial charge in [0, 0.05) is 17.7 Å². The van der Waals surface area contributed by atoms with Crippen LogP contribution in [0.3, 0.4) is 0 Å². The normalized spacial score (nSPS) is 12.2. The molecule has 1 unspecified atom stereocenters. The summed E-state index contributed by atoms with van der Waals surface area (Å²) in [5.74, 6) is 3.08. The second-order valence-corrected chi connectivity index (χ2v) is 4.58. The van der Waals surface area contributed by atoms with Crippen molar-refractivity contribution in [1.29, 1.82) is 0 Å². The summed E-state index contributed by atoms with van der Waals surface area (Å²) in [6.45, 7) is 4.52. The summed E-state index contributed by atoms with van der Waals surface area (Å²) in [4.78, 5) is 4.17. The van der Waals surface area contributed by atoms with Crippen LogP contribution in [0.2, 0.25) is 0 Å². The van der Waals surface area contributed by atoms with E-state index < -0.39 is 0 Å². The molecule has 108 valence electrons. The zero-order chi connectivity index (χ0) is 14.5. The lowest BCUT2D eigenvalue weighted by Gasteiger charge is -2.17. The molecule has 1 N–H and O–H groups in total. The van der Waals surface area contributed by atoms with Gasteiger partial charge in [-0.05, 0) is 19.9 Å². The van der Waals surface area contributed by atoms with Gasteiger partial charge in [0.25, 0.3) is 0 Å². The number of ether oxygens (including phenoxy) is 2. The van der Waals surface area contributed by atoms with Gasteiger partial charge in [0.15, 0.2) is 0 Å². The molecule has 0 fully saturated rings. The third-order valence-electron chi connectivity index (χ3n) is 3.14. The van der Waals surface area contributed by atoms with Crippen molar-refractivity contribution >= 4 is 0 Å². The Morgan fingerprint density at radius 2 is 2.10 bits per heavy atom. The fraction of sp³-hybridized carbons (Fsp3) is 0.400. The van der Waals surface area contributed by atoms with E-state index in [0.29, 0.717) is 12.4 Å². The first-order valence-electron chi connectivity index (χ1n) is 6.50. The molecule has 1 atom stereocenters. The smallest absolute Gasteiger partial charge is 0.208 e. The molecule has 1 aromatic carbocycles. The van der Waals surface area contributed by atoms with E-state index in [1.807, 2.05) is 25.1 Å². The quantitative estimate of drug-likeness (QED) is 0.879. The fourth-order valence-corrected chi connectivity index (χ4v) is 2.01. The van der Waals surface area contributed by atoms with Crippen molar-refractivity contribution in [1.82, 2.24) is 10.3 Å². The van der Waals surface area contributed by atoms with Gasteiger partial charge < -0.3 is 19.2 Å². The first kappa shape index (κ1) is 14.4. The SMILES string of the molecule is COc1ccc(C(C)NCc2ncc(C)o2)c(OC)c1. The highest BCUT2D eigenvalue weighted by atomic mass is 16.5. The van der Waals surface area contributed by atoms with Gasteiger partial charge in [0.05, 0.1) is 27.0 Å². The van der Waals surface area contributed by atoms with Crippen LogP contribution in [0.1, 0.15) is 30.2 Å². The summed E-state index contributed by atoms with van der Waals surface area (Å²) < 4.78 is 16.0. The van der Waals surface area contributed by atoms with Crippen LogP contribution in [-0.2, 0) is 6.54 Å². The van der Waals surface area contributed by atoms with Gasteiger partial charge in [-0.15, -0.1) is 0 Å². The Labute approximate surface area is 118 Å². The molecule has 0 aliphatic heterocycles. The largest absolute Gasteiger partial charge is 0.497 e. The van der Waals surface area contributed by atoms with Crippen LogP contribution in [0.5, 0.6) is 11.5 Å². The van der Waals surface area contributed by atoms with E-state index in [2.05, 4.69) is 17.2 Å². The minimum absolute atomic E-state index is 0.114. The molecule has 5 heteroatoms. The first-order chi connectivity index (χ1) is 9.63. The predicted octanol–water partition coefficient (Wildman–Crippen LogP) is 2.85. The Kier molecular flexibility index (Phi) is 4.63. The number of hydrogen-bond acceptors (Lipinski definition) is 5. The molecule has 0 radical (unpaired) electrons. The molecule has 1 heterocycles. The number of benzene rings is 1. The third-order valence-corrected chi connectivity index (χ3v) is 3.14. The van der Waals surface area contributed by atoms with Crippen molar-refractivity contribution in [3.63, 3.8) is 0 Å². The number of aryl methyl sites for hydroxylation is 1. The third kappa shape index (κ3) is 3.30. The van der Waals surface area contributed by atoms with Crippen molar-refractivity contribution in [2.45, 2.75) is 26.4 Å². The molecule has 0 bridgehead atoms. The van der Waals surface area contributed by atoms with Crippen LogP contribution in [0.25, 0.3) is 0 Å². The minimum Gasteiger partial charge on any atom is -0.497 e. The Hall–Kier alpha value is -2.01. The Morgan fingerprint density at radius 3 is 2.70 bits per heavy atom. The molecule has 1 aromatic heterocycles. The number of nitrogens with one attached hydrogen (secondary N) is 1. The maximum absolute atomic E-state index is 5.44. The zero-order valence-corrected chi connectivity index (χ0v) is 12.3. The van der Waals surface area contributed by atoms with E-state index >= 15 is 0 Å². The molecule has 0 aliphatic carbocycles. The Balaban J connectivity index is 2.06. The summed E-state index contributed by atoms with van der Waals surface area (Å²) in [5.41, 5.74) is 1.07. The highest BCUT2D eigenvalue weighted by Crippen LogP contribution is 2.29. The number of oxazole rings is 1. The van der Waals surface area contributed by atoms with E-state index in [9.17, 15) is 0 Å². The topological polar surface area (TPSA) is 56.5 Å². The van der Waals surface area contributed by atoms with Gasteiger partial charge in [0.1, 0.15) is 17.3 Å². The van der Waals surface area contributed by atoms with Gasteiger partial charge in [-0.2, -0.15) is 0 Å². The Bertz CT molecular complexity index is 566. The molecule has 0 spiro atoms. The number of aromatic nitrogens is 1. The maximum atomic E-state index is 5.44. The lowest BCUT2D eigenvalue weighted by Crippen LogP contribution is -2.18. The first-order valence-corrected chi connectivity index (χ1v) is 6.50. The van der Waals surface area contributed by atoms with Crippen molar-refractivity contribution in [2.24, 2.45) is 0 Å². The summed E-state index contributed by atoms with van der Waals surface area (Å²) in [5, 5.41) is 3.36. The molecule has 5 nitrogen and oxygen atoms in total. The second kappa shape index (κ2) is 6.43. The van der Waals surface area contributed by atoms with Gasteiger partial charge in [-0.3, -0.25) is 0 Å². The second-order valence-electron chi connectivity index (χ2n) is 4.58. The van der Waals surface area contributed by atoms with E-state index in [1.54, 1.807) is 20.4 Å². The van der Waals surface area contributed by atoms with Crippen molar-refractivity contribution in [3.05, 3.63) is 41.6 Å². The van der Waals surface area contributed by atoms with Crippen LogP contribution in [0, 0.1) is 6.92 Å². The van der Waals surface area contributed by atoms with Crippen LogP contribution in [0.15, 0.2) is 28.8 Å². The maximum Gasteiger partial charge on any atom is 0.208 e. The molecule has 0 saturated heterocycles. The fourth-order valence-electron chi connectivity index (χ4n) is 2.01. The van der Waals surface area contributed by atoms with E-state index in [1.165, 1.54) is 0 Å². The lowest BCUT2D eigenvalue weighted by atomic mass is 10.1. The molecule has 20 heavy (non-hydrogen) atoms. The van der Waals surface area contributed by atoms with Crippen molar-refractivity contribution < 1.29 is 13.9 Å². The number of methoxy groups -OCH3 is 2. The predicted molar refractivity (Wildman–Crippen MR) is 76.0 cm³/mol. The van der Waals surface area contributed by atoms with Crippen LogP contribution >= 0.6 is 0 Å². The highest BCUT2D eigenvalue weighted by Gasteiger charge is 2.13. The van der Waals surface area contributed by atoms with Crippen LogP contribution < -0.4 is 14.8 Å². The average Bonchev–Trinajstić information content (AvgIpc) is 2.89.